The van der Waals surface area contributed by atoms with Crippen LogP contribution in [0.25, 0.3) is 0 Å². The van der Waals surface area contributed by atoms with Crippen LogP contribution in [0.2, 0.25) is 0 Å². The fourth-order valence-corrected chi connectivity index (χ4v) is 2.37. The zero-order valence-corrected chi connectivity index (χ0v) is 13.0. The van der Waals surface area contributed by atoms with Gasteiger partial charge >= 0.3 is 6.09 Å². The molecular formula is C14H27N3O3. The molecule has 1 rings (SSSR count). The molecular weight excluding hydrogens is 258 g/mol. The number of carbonyl (C=O) groups excluding carboxylic acids is 2. The van der Waals surface area contributed by atoms with Gasteiger partial charge in [-0.1, -0.05) is 0 Å². The molecule has 2 N–H and O–H groups in total. The molecule has 0 saturated carbocycles. The molecule has 0 radical (unpaired) electrons. The highest BCUT2D eigenvalue weighted by atomic mass is 16.6. The van der Waals surface area contributed by atoms with Crippen LogP contribution >= 0.6 is 0 Å². The summed E-state index contributed by atoms with van der Waals surface area (Å²) in [5.41, 5.74) is 4.90. The molecule has 1 heterocycles. The lowest BCUT2D eigenvalue weighted by Crippen LogP contribution is -2.46. The maximum Gasteiger partial charge on any atom is 0.410 e. The van der Waals surface area contributed by atoms with Crippen molar-refractivity contribution >= 4 is 12.0 Å². The minimum atomic E-state index is -0.487. The van der Waals surface area contributed by atoms with E-state index in [0.717, 1.165) is 19.4 Å². The second kappa shape index (κ2) is 6.92. The molecule has 0 aliphatic carbocycles. The molecule has 6 heteroatoms. The van der Waals surface area contributed by atoms with E-state index in [1.807, 2.05) is 20.8 Å². The first-order valence-electron chi connectivity index (χ1n) is 7.15. The van der Waals surface area contributed by atoms with Crippen LogP contribution in [-0.2, 0) is 9.53 Å². The minimum Gasteiger partial charge on any atom is -0.444 e. The Morgan fingerprint density at radius 2 is 2.05 bits per heavy atom. The SMILES string of the molecule is CN(C[C@H]1CCCN(C(=O)CN)C1)C(=O)OC(C)(C)C. The summed E-state index contributed by atoms with van der Waals surface area (Å²) in [6.45, 7) is 7.63. The number of amides is 2. The molecule has 0 spiro atoms. The molecule has 1 saturated heterocycles. The lowest BCUT2D eigenvalue weighted by Gasteiger charge is -2.35. The van der Waals surface area contributed by atoms with Gasteiger partial charge in [-0.05, 0) is 39.5 Å². The number of piperidine rings is 1. The summed E-state index contributed by atoms with van der Waals surface area (Å²) in [6, 6.07) is 0. The number of nitrogens with zero attached hydrogens (tertiary/aromatic N) is 2. The van der Waals surface area contributed by atoms with Crippen molar-refractivity contribution in [1.29, 1.82) is 0 Å². The zero-order chi connectivity index (χ0) is 15.3. The van der Waals surface area contributed by atoms with E-state index in [4.69, 9.17) is 10.5 Å². The Labute approximate surface area is 121 Å². The average molecular weight is 285 g/mol. The first-order chi connectivity index (χ1) is 9.23. The van der Waals surface area contributed by atoms with Gasteiger partial charge in [0, 0.05) is 26.7 Å². The number of likely N-dealkylation sites (tertiary alicyclic amines) is 1. The van der Waals surface area contributed by atoms with Gasteiger partial charge < -0.3 is 20.3 Å². The molecule has 6 nitrogen and oxygen atoms in total. The second-order valence-corrected chi connectivity index (χ2v) is 6.41. The smallest absolute Gasteiger partial charge is 0.410 e. The molecule has 116 valence electrons. The first-order valence-corrected chi connectivity index (χ1v) is 7.15. The number of ether oxygens (including phenoxy) is 1. The summed E-state index contributed by atoms with van der Waals surface area (Å²) >= 11 is 0. The maximum atomic E-state index is 11.9. The second-order valence-electron chi connectivity index (χ2n) is 6.41. The molecule has 20 heavy (non-hydrogen) atoms. The fraction of sp³-hybridized carbons (Fsp3) is 0.857. The maximum absolute atomic E-state index is 11.9. The molecule has 2 amide bonds. The van der Waals surface area contributed by atoms with Crippen molar-refractivity contribution in [3.63, 3.8) is 0 Å². The van der Waals surface area contributed by atoms with Crippen LogP contribution in [0, 0.1) is 5.92 Å². The summed E-state index contributed by atoms with van der Waals surface area (Å²) in [5.74, 6) is 0.270. The molecule has 0 aromatic heterocycles. The van der Waals surface area contributed by atoms with E-state index in [2.05, 4.69) is 0 Å². The van der Waals surface area contributed by atoms with Crippen molar-refractivity contribution in [2.75, 3.05) is 33.2 Å². The van der Waals surface area contributed by atoms with Gasteiger partial charge in [0.25, 0.3) is 0 Å². The van der Waals surface area contributed by atoms with Gasteiger partial charge in [0.05, 0.1) is 6.54 Å². The van der Waals surface area contributed by atoms with E-state index in [-0.39, 0.29) is 24.5 Å². The van der Waals surface area contributed by atoms with Gasteiger partial charge in [-0.25, -0.2) is 4.79 Å². The molecule has 1 atom stereocenters. The van der Waals surface area contributed by atoms with Crippen molar-refractivity contribution in [2.24, 2.45) is 11.7 Å². The van der Waals surface area contributed by atoms with Crippen LogP contribution in [0.4, 0.5) is 4.79 Å². The van der Waals surface area contributed by atoms with E-state index in [0.29, 0.717) is 13.1 Å². The third-order valence-electron chi connectivity index (χ3n) is 3.28. The lowest BCUT2D eigenvalue weighted by molar-refractivity contribution is -0.131. The Kier molecular flexibility index (Phi) is 5.80. The Hall–Kier alpha value is -1.30. The molecule has 1 fully saturated rings. The van der Waals surface area contributed by atoms with E-state index >= 15 is 0 Å². The molecule has 0 aromatic carbocycles. The van der Waals surface area contributed by atoms with Gasteiger partial charge in [0.1, 0.15) is 5.60 Å². The van der Waals surface area contributed by atoms with Crippen LogP contribution in [0.15, 0.2) is 0 Å². The minimum absolute atomic E-state index is 0.0189. The summed E-state index contributed by atoms with van der Waals surface area (Å²) in [7, 11) is 1.73. The van der Waals surface area contributed by atoms with E-state index < -0.39 is 5.60 Å². The largest absolute Gasteiger partial charge is 0.444 e. The van der Waals surface area contributed by atoms with Gasteiger partial charge in [-0.2, -0.15) is 0 Å². The van der Waals surface area contributed by atoms with Gasteiger partial charge in [0.15, 0.2) is 0 Å². The van der Waals surface area contributed by atoms with E-state index in [1.165, 1.54) is 0 Å². The van der Waals surface area contributed by atoms with Crippen LogP contribution in [0.3, 0.4) is 0 Å². The predicted molar refractivity (Wildman–Crippen MR) is 77.2 cm³/mol. The Balaban J connectivity index is 2.47. The highest BCUT2D eigenvalue weighted by Crippen LogP contribution is 2.18. The Morgan fingerprint density at radius 1 is 1.40 bits per heavy atom. The van der Waals surface area contributed by atoms with Crippen molar-refractivity contribution < 1.29 is 14.3 Å². The monoisotopic (exact) mass is 285 g/mol. The lowest BCUT2D eigenvalue weighted by atomic mass is 9.97. The van der Waals surface area contributed by atoms with Crippen LogP contribution in [0.1, 0.15) is 33.6 Å². The quantitative estimate of drug-likeness (QED) is 0.841. The van der Waals surface area contributed by atoms with Crippen LogP contribution < -0.4 is 5.73 Å². The molecule has 0 aromatic rings. The van der Waals surface area contributed by atoms with Gasteiger partial charge in [0.2, 0.25) is 5.91 Å². The number of rotatable bonds is 3. The average Bonchev–Trinajstić information content (AvgIpc) is 2.36. The highest BCUT2D eigenvalue weighted by Gasteiger charge is 2.26. The third kappa shape index (κ3) is 5.36. The fourth-order valence-electron chi connectivity index (χ4n) is 2.37. The van der Waals surface area contributed by atoms with Gasteiger partial charge in [-0.15, -0.1) is 0 Å². The summed E-state index contributed by atoms with van der Waals surface area (Å²) in [4.78, 5) is 26.9. The normalized spacial score (nSPS) is 19.6. The van der Waals surface area contributed by atoms with Crippen molar-refractivity contribution in [2.45, 2.75) is 39.2 Å². The van der Waals surface area contributed by atoms with E-state index in [9.17, 15) is 9.59 Å². The van der Waals surface area contributed by atoms with E-state index in [1.54, 1.807) is 16.8 Å². The Morgan fingerprint density at radius 3 is 2.60 bits per heavy atom. The summed E-state index contributed by atoms with van der Waals surface area (Å²) in [5, 5.41) is 0. The number of nitrogens with two attached hydrogens (primary N) is 1. The molecule has 1 aliphatic heterocycles. The number of hydrogen-bond acceptors (Lipinski definition) is 4. The molecule has 0 unspecified atom stereocenters. The van der Waals surface area contributed by atoms with Crippen LogP contribution in [-0.4, -0.2) is 60.6 Å². The van der Waals surface area contributed by atoms with Crippen molar-refractivity contribution in [3.05, 3.63) is 0 Å². The van der Waals surface area contributed by atoms with Crippen LogP contribution in [0.5, 0.6) is 0 Å². The molecule has 1 aliphatic rings. The molecule has 0 bridgehead atoms. The summed E-state index contributed by atoms with van der Waals surface area (Å²) in [6.07, 6.45) is 1.65. The first kappa shape index (κ1) is 16.8. The van der Waals surface area contributed by atoms with Gasteiger partial charge in [-0.3, -0.25) is 4.79 Å². The zero-order valence-electron chi connectivity index (χ0n) is 13.0. The topological polar surface area (TPSA) is 75.9 Å². The van der Waals surface area contributed by atoms with Crippen molar-refractivity contribution in [3.8, 4) is 0 Å². The predicted octanol–water partition coefficient (Wildman–Crippen LogP) is 1.05. The number of hydrogen-bond donors (Lipinski definition) is 1. The standard InChI is InChI=1S/C14H27N3O3/c1-14(2,3)20-13(19)16(4)9-11-6-5-7-17(10-11)12(18)8-15/h11H,5-10,15H2,1-4H3/t11-/m1/s1. The highest BCUT2D eigenvalue weighted by molar-refractivity contribution is 5.78. The summed E-state index contributed by atoms with van der Waals surface area (Å²) < 4.78 is 5.32. The third-order valence-corrected chi connectivity index (χ3v) is 3.28. The Bertz CT molecular complexity index is 352. The number of carbonyl (C=O) groups is 2. The van der Waals surface area contributed by atoms with Crippen molar-refractivity contribution in [1.82, 2.24) is 9.80 Å².